The van der Waals surface area contributed by atoms with Gasteiger partial charge in [0, 0.05) is 53.2 Å². The van der Waals surface area contributed by atoms with Gasteiger partial charge in [-0.15, -0.1) is 0 Å². The van der Waals surface area contributed by atoms with Crippen LogP contribution in [0.15, 0.2) is 77.3 Å². The van der Waals surface area contributed by atoms with Gasteiger partial charge in [-0.1, -0.05) is 65.3 Å². The number of carbonyl (C=O) groups is 3. The highest BCUT2D eigenvalue weighted by atomic mass is 79.9. The number of aliphatic hydroxyl groups excluding tert-OH is 1. The first-order valence-electron chi connectivity index (χ1n) is 15.7. The van der Waals surface area contributed by atoms with Crippen LogP contribution in [0.2, 0.25) is 18.6 Å². The molecule has 2 fully saturated rings. The normalized spacial score (nSPS) is 24.0. The zero-order chi connectivity index (χ0) is 32.8. The number of carbonyl (C=O) groups excluding carboxylic acids is 3. The van der Waals surface area contributed by atoms with Gasteiger partial charge in [-0.25, -0.2) is 0 Å². The Morgan fingerprint density at radius 3 is 2.48 bits per heavy atom. The molecule has 8 nitrogen and oxygen atoms in total. The molecule has 0 aliphatic carbocycles. The van der Waals surface area contributed by atoms with Gasteiger partial charge in [0.15, 0.2) is 5.60 Å². The summed E-state index contributed by atoms with van der Waals surface area (Å²) in [6, 6.07) is 22.8. The van der Waals surface area contributed by atoms with Crippen molar-refractivity contribution in [2.24, 2.45) is 5.92 Å². The molecule has 1 N–H and O–H groups in total. The number of hydrogen-bond donors (Lipinski definition) is 1. The number of fused-ring (bicyclic) bond motifs is 2. The molecule has 0 radical (unpaired) electrons. The maximum absolute atomic E-state index is 16.3. The van der Waals surface area contributed by atoms with Crippen LogP contribution in [0.5, 0.6) is 0 Å². The van der Waals surface area contributed by atoms with Crippen LogP contribution in [-0.4, -0.2) is 61.9 Å². The monoisotopic (exact) mass is 707 g/mol. The molecular formula is C35H39BrFN3O5Si. The van der Waals surface area contributed by atoms with Crippen LogP contribution in [0.3, 0.4) is 0 Å². The number of β-lactam (4-membered cyclic amide) rings is 1. The van der Waals surface area contributed by atoms with E-state index in [4.69, 9.17) is 4.74 Å². The molecule has 0 saturated carbocycles. The summed E-state index contributed by atoms with van der Waals surface area (Å²) in [6.07, 6.45) is -0.410. The average Bonchev–Trinajstić information content (AvgIpc) is 3.43. The molecule has 0 bridgehead atoms. The van der Waals surface area contributed by atoms with Crippen molar-refractivity contribution < 1.29 is 28.3 Å². The second-order valence-corrected chi connectivity index (χ2v) is 17.7. The lowest BCUT2D eigenvalue weighted by Gasteiger charge is -2.32. The summed E-state index contributed by atoms with van der Waals surface area (Å²) in [4.78, 5) is 45.6. The van der Waals surface area contributed by atoms with Crippen molar-refractivity contribution in [1.29, 1.82) is 0 Å². The Morgan fingerprint density at radius 2 is 1.83 bits per heavy atom. The number of aliphatic hydroxyl groups is 1. The fraction of sp³-hybridized carbons (Fsp3) is 0.400. The van der Waals surface area contributed by atoms with Gasteiger partial charge in [0.25, 0.3) is 5.91 Å². The number of nitrogens with zero attached hydrogens (tertiary/aromatic N) is 3. The number of hydrogen-bond acceptors (Lipinski definition) is 5. The molecule has 46 heavy (non-hydrogen) atoms. The maximum atomic E-state index is 16.3. The number of halogens is 2. The van der Waals surface area contributed by atoms with E-state index < -0.39 is 31.6 Å². The highest BCUT2D eigenvalue weighted by molar-refractivity contribution is 9.10. The molecule has 3 aromatic carbocycles. The molecular weight excluding hydrogens is 669 g/mol. The second-order valence-electron chi connectivity index (χ2n) is 13.0. The van der Waals surface area contributed by atoms with Crippen LogP contribution < -0.4 is 9.80 Å². The smallest absolute Gasteiger partial charge is 0.264 e. The Labute approximate surface area is 278 Å². The van der Waals surface area contributed by atoms with Crippen LogP contribution in [0.25, 0.3) is 0 Å². The van der Waals surface area contributed by atoms with Gasteiger partial charge in [0.2, 0.25) is 20.2 Å². The minimum absolute atomic E-state index is 0.0719. The van der Waals surface area contributed by atoms with E-state index in [1.54, 1.807) is 27.8 Å². The van der Waals surface area contributed by atoms with E-state index in [1.165, 1.54) is 0 Å². The van der Waals surface area contributed by atoms with Crippen LogP contribution in [0.4, 0.5) is 15.5 Å². The molecule has 0 aromatic heterocycles. The first-order chi connectivity index (χ1) is 21.9. The predicted molar refractivity (Wildman–Crippen MR) is 180 cm³/mol. The Bertz CT molecular complexity index is 1650. The van der Waals surface area contributed by atoms with Crippen molar-refractivity contribution in [3.05, 3.63) is 94.0 Å². The molecule has 242 valence electrons. The van der Waals surface area contributed by atoms with E-state index in [0.717, 1.165) is 21.3 Å². The van der Waals surface area contributed by atoms with Gasteiger partial charge < -0.3 is 28.7 Å². The first-order valence-corrected chi connectivity index (χ1v) is 19.5. The molecule has 3 amide bonds. The van der Waals surface area contributed by atoms with E-state index in [9.17, 15) is 19.5 Å². The standard InChI is InChI=1S/C35H39BrFN3O5Si/c1-23-33(46(2,3)37)30(20-32(43)38(16-17-41)21-24-8-5-4-6-9-24)45-35(23)28-19-26(36)12-13-29(28)40(34(35)44)22-25-10-7-11-27(18-25)39-15-14-31(39)42/h4-13,18-19,23,30,33,41H,14-17,20-22H2,1-3H3/t23-,30+,33-,35+/m1/s1. The number of rotatable bonds is 10. The Balaban J connectivity index is 1.33. The largest absolute Gasteiger partial charge is 0.395 e. The van der Waals surface area contributed by atoms with Crippen LogP contribution in [0, 0.1) is 5.92 Å². The van der Waals surface area contributed by atoms with Crippen molar-refractivity contribution in [3.8, 4) is 0 Å². The summed E-state index contributed by atoms with van der Waals surface area (Å²) < 4.78 is 23.9. The van der Waals surface area contributed by atoms with Crippen molar-refractivity contribution in [2.45, 2.75) is 63.2 Å². The van der Waals surface area contributed by atoms with E-state index in [1.807, 2.05) is 79.7 Å². The van der Waals surface area contributed by atoms with E-state index in [-0.39, 0.29) is 43.8 Å². The van der Waals surface area contributed by atoms with Crippen molar-refractivity contribution >= 4 is 53.4 Å². The lowest BCUT2D eigenvalue weighted by atomic mass is 9.82. The third-order valence-corrected chi connectivity index (χ3v) is 12.6. The fourth-order valence-corrected chi connectivity index (χ4v) is 10.3. The Morgan fingerprint density at radius 1 is 1.09 bits per heavy atom. The maximum Gasteiger partial charge on any atom is 0.264 e. The number of ether oxygens (including phenoxy) is 1. The highest BCUT2D eigenvalue weighted by Gasteiger charge is 2.67. The second kappa shape index (κ2) is 12.7. The number of anilines is 2. The quantitative estimate of drug-likeness (QED) is 0.161. The van der Waals surface area contributed by atoms with Gasteiger partial charge in [0.05, 0.1) is 31.4 Å². The fourth-order valence-electron chi connectivity index (χ4n) is 7.49. The van der Waals surface area contributed by atoms with E-state index in [0.29, 0.717) is 30.8 Å². The number of benzene rings is 3. The minimum Gasteiger partial charge on any atom is -0.395 e. The Kier molecular flexibility index (Phi) is 8.97. The van der Waals surface area contributed by atoms with Gasteiger partial charge in [-0.2, -0.15) is 0 Å². The van der Waals surface area contributed by atoms with Gasteiger partial charge in [-0.05, 0) is 54.6 Å². The van der Waals surface area contributed by atoms with E-state index in [2.05, 4.69) is 15.9 Å². The predicted octanol–water partition coefficient (Wildman–Crippen LogP) is 5.92. The van der Waals surface area contributed by atoms with Gasteiger partial charge >= 0.3 is 0 Å². The zero-order valence-electron chi connectivity index (χ0n) is 26.3. The average molecular weight is 709 g/mol. The summed E-state index contributed by atoms with van der Waals surface area (Å²) >= 11 is 3.57. The van der Waals surface area contributed by atoms with Crippen molar-refractivity contribution in [3.63, 3.8) is 0 Å². The summed E-state index contributed by atoms with van der Waals surface area (Å²) in [7, 11) is -3.49. The summed E-state index contributed by atoms with van der Waals surface area (Å²) in [5.74, 6) is -1.02. The minimum atomic E-state index is -3.49. The third-order valence-electron chi connectivity index (χ3n) is 9.65. The third kappa shape index (κ3) is 5.82. The highest BCUT2D eigenvalue weighted by Crippen LogP contribution is 2.60. The summed E-state index contributed by atoms with van der Waals surface area (Å²) in [5, 5.41) is 9.76. The topological polar surface area (TPSA) is 90.4 Å². The molecule has 6 rings (SSSR count). The zero-order valence-corrected chi connectivity index (χ0v) is 28.9. The molecule has 11 heteroatoms. The molecule has 3 aliphatic heterocycles. The van der Waals surface area contributed by atoms with Crippen LogP contribution in [0.1, 0.15) is 36.5 Å². The molecule has 3 heterocycles. The first kappa shape index (κ1) is 32.6. The van der Waals surface area contributed by atoms with Gasteiger partial charge in [-0.3, -0.25) is 14.4 Å². The SMILES string of the molecule is C[C@@H]1[C@@H]([Si](C)(C)F)[C@H](CC(=O)N(CCO)Cc2ccccc2)O[C@@]12C(=O)N(Cc1cccc(N3CCC3=O)c1)c1ccc(Br)cc12. The molecule has 4 atom stereocenters. The van der Waals surface area contributed by atoms with E-state index >= 15 is 4.11 Å². The lowest BCUT2D eigenvalue weighted by Crippen LogP contribution is -2.45. The number of amides is 3. The molecule has 1 spiro atoms. The molecule has 2 saturated heterocycles. The van der Waals surface area contributed by atoms with Crippen molar-refractivity contribution in [2.75, 3.05) is 29.5 Å². The molecule has 0 unspecified atom stereocenters. The van der Waals surface area contributed by atoms with Crippen LogP contribution >= 0.6 is 15.9 Å². The molecule has 3 aliphatic rings. The summed E-state index contributed by atoms with van der Waals surface area (Å²) in [6.45, 7) is 6.25. The lowest BCUT2D eigenvalue weighted by molar-refractivity contribution is -0.150. The Hall–Kier alpha value is -3.38. The molecule has 3 aromatic rings. The van der Waals surface area contributed by atoms with Crippen molar-refractivity contribution in [1.82, 2.24) is 4.90 Å². The van der Waals surface area contributed by atoms with Gasteiger partial charge in [0.1, 0.15) is 0 Å². The summed E-state index contributed by atoms with van der Waals surface area (Å²) in [5.41, 5.74) is 1.79. The van der Waals surface area contributed by atoms with Crippen LogP contribution in [-0.2, 0) is 37.8 Å².